The number of thioether (sulfide) groups is 1. The number of benzene rings is 1. The highest BCUT2D eigenvalue weighted by Gasteiger charge is 2.12. The summed E-state index contributed by atoms with van der Waals surface area (Å²) in [5, 5.41) is 2.64. The molecule has 0 radical (unpaired) electrons. The molecule has 0 fully saturated rings. The molecule has 1 N–H and O–H groups in total. The third kappa shape index (κ3) is 3.38. The van der Waals surface area contributed by atoms with Gasteiger partial charge in [0.2, 0.25) is 0 Å². The lowest BCUT2D eigenvalue weighted by atomic mass is 10.2. The van der Waals surface area contributed by atoms with Gasteiger partial charge in [0.05, 0.1) is 6.04 Å². The second kappa shape index (κ2) is 5.70. The van der Waals surface area contributed by atoms with Gasteiger partial charge >= 0.3 is 0 Å². The number of Topliss-reactive ketones (excluding diaryl/α,β-unsaturated/α-hetero) is 1. The standard InChI is InChI=1S/C12H15NO2S/c1-8(9(2)14)13-12(15)10-4-6-11(16-3)7-5-10/h4-8H,1-3H3,(H,13,15). The topological polar surface area (TPSA) is 46.2 Å². The van der Waals surface area contributed by atoms with Gasteiger partial charge in [-0.05, 0) is 44.4 Å². The molecule has 0 aliphatic rings. The van der Waals surface area contributed by atoms with Crippen molar-refractivity contribution in [2.45, 2.75) is 24.8 Å². The fourth-order valence-electron chi connectivity index (χ4n) is 1.12. The largest absolute Gasteiger partial charge is 0.343 e. The lowest BCUT2D eigenvalue weighted by molar-refractivity contribution is -0.118. The average molecular weight is 237 g/mol. The number of rotatable bonds is 4. The van der Waals surface area contributed by atoms with Crippen LogP contribution < -0.4 is 5.32 Å². The summed E-state index contributed by atoms with van der Waals surface area (Å²) in [5.74, 6) is -0.260. The minimum Gasteiger partial charge on any atom is -0.343 e. The smallest absolute Gasteiger partial charge is 0.251 e. The summed E-state index contributed by atoms with van der Waals surface area (Å²) in [6, 6.07) is 6.85. The Morgan fingerprint density at radius 1 is 1.25 bits per heavy atom. The molecular formula is C12H15NO2S. The Kier molecular flexibility index (Phi) is 4.55. The zero-order valence-corrected chi connectivity index (χ0v) is 10.4. The van der Waals surface area contributed by atoms with Gasteiger partial charge in [0.15, 0.2) is 5.78 Å². The Balaban J connectivity index is 2.69. The maximum absolute atomic E-state index is 11.7. The molecule has 1 rings (SSSR count). The lowest BCUT2D eigenvalue weighted by Crippen LogP contribution is -2.37. The number of ketones is 1. The van der Waals surface area contributed by atoms with Crippen molar-refractivity contribution < 1.29 is 9.59 Å². The van der Waals surface area contributed by atoms with E-state index in [0.717, 1.165) is 4.90 Å². The predicted octanol–water partition coefficient (Wildman–Crippen LogP) is 2.12. The van der Waals surface area contributed by atoms with Gasteiger partial charge in [-0.2, -0.15) is 0 Å². The first-order valence-corrected chi connectivity index (χ1v) is 6.22. The summed E-state index contributed by atoms with van der Waals surface area (Å²) in [5.41, 5.74) is 0.575. The Hall–Kier alpha value is -1.29. The predicted molar refractivity (Wildman–Crippen MR) is 65.8 cm³/mol. The Morgan fingerprint density at radius 2 is 1.81 bits per heavy atom. The number of nitrogens with one attached hydrogen (secondary N) is 1. The maximum Gasteiger partial charge on any atom is 0.251 e. The van der Waals surface area contributed by atoms with Crippen molar-refractivity contribution in [1.82, 2.24) is 5.32 Å². The van der Waals surface area contributed by atoms with Gasteiger partial charge < -0.3 is 5.32 Å². The molecule has 16 heavy (non-hydrogen) atoms. The fourth-order valence-corrected chi connectivity index (χ4v) is 1.53. The third-order valence-corrected chi connectivity index (χ3v) is 3.05. The van der Waals surface area contributed by atoms with Crippen LogP contribution in [0.1, 0.15) is 24.2 Å². The van der Waals surface area contributed by atoms with Crippen molar-refractivity contribution in [3.63, 3.8) is 0 Å². The summed E-state index contributed by atoms with van der Waals surface area (Å²) in [6.45, 7) is 3.14. The first-order chi connectivity index (χ1) is 7.54. The lowest BCUT2D eigenvalue weighted by Gasteiger charge is -2.10. The molecule has 1 aromatic rings. The van der Waals surface area contributed by atoms with E-state index in [-0.39, 0.29) is 11.7 Å². The zero-order chi connectivity index (χ0) is 12.1. The second-order valence-corrected chi connectivity index (χ2v) is 4.41. The van der Waals surface area contributed by atoms with Gasteiger partial charge in [0, 0.05) is 10.5 Å². The number of carbonyl (C=O) groups is 2. The molecule has 1 atom stereocenters. The van der Waals surface area contributed by atoms with Crippen molar-refractivity contribution >= 4 is 23.5 Å². The molecule has 1 aromatic carbocycles. The third-order valence-electron chi connectivity index (χ3n) is 2.31. The van der Waals surface area contributed by atoms with Crippen molar-refractivity contribution in [1.29, 1.82) is 0 Å². The van der Waals surface area contributed by atoms with Crippen LogP contribution in [0, 0.1) is 0 Å². The van der Waals surface area contributed by atoms with E-state index in [4.69, 9.17) is 0 Å². The number of hydrogen-bond donors (Lipinski definition) is 1. The van der Waals surface area contributed by atoms with Crippen molar-refractivity contribution in [2.75, 3.05) is 6.26 Å². The Bertz CT molecular complexity index is 387. The molecular weight excluding hydrogens is 222 g/mol. The molecule has 0 aromatic heterocycles. The van der Waals surface area contributed by atoms with E-state index in [1.165, 1.54) is 6.92 Å². The van der Waals surface area contributed by atoms with Gasteiger partial charge in [0.1, 0.15) is 0 Å². The van der Waals surface area contributed by atoms with Gasteiger partial charge in [-0.15, -0.1) is 11.8 Å². The van der Waals surface area contributed by atoms with Crippen molar-refractivity contribution in [3.8, 4) is 0 Å². The Morgan fingerprint density at radius 3 is 2.25 bits per heavy atom. The summed E-state index contributed by atoms with van der Waals surface area (Å²) in [7, 11) is 0. The van der Waals surface area contributed by atoms with E-state index >= 15 is 0 Å². The minimum absolute atomic E-state index is 0.0471. The molecule has 4 heteroatoms. The molecule has 0 heterocycles. The SMILES string of the molecule is CSc1ccc(C(=O)NC(C)C(C)=O)cc1. The molecule has 0 saturated carbocycles. The van der Waals surface area contributed by atoms with Crippen LogP contribution in [0.3, 0.4) is 0 Å². The number of hydrogen-bond acceptors (Lipinski definition) is 3. The molecule has 0 aliphatic carbocycles. The van der Waals surface area contributed by atoms with Crippen LogP contribution in [0.2, 0.25) is 0 Å². The molecule has 0 spiro atoms. The first-order valence-electron chi connectivity index (χ1n) is 5.00. The Labute approximate surface area is 99.6 Å². The van der Waals surface area contributed by atoms with Crippen molar-refractivity contribution in [2.24, 2.45) is 0 Å². The minimum atomic E-state index is -0.437. The molecule has 1 amide bonds. The van der Waals surface area contributed by atoms with E-state index in [9.17, 15) is 9.59 Å². The molecule has 3 nitrogen and oxygen atoms in total. The van der Waals surface area contributed by atoms with Crippen molar-refractivity contribution in [3.05, 3.63) is 29.8 Å². The summed E-state index contributed by atoms with van der Waals surface area (Å²) in [4.78, 5) is 23.8. The first kappa shape index (κ1) is 12.8. The number of amides is 1. The normalized spacial score (nSPS) is 11.9. The van der Waals surface area contributed by atoms with E-state index in [1.54, 1.807) is 30.8 Å². The monoisotopic (exact) mass is 237 g/mol. The highest BCUT2D eigenvalue weighted by Crippen LogP contribution is 2.14. The van der Waals surface area contributed by atoms with Gasteiger partial charge in [-0.1, -0.05) is 0 Å². The molecule has 0 aliphatic heterocycles. The van der Waals surface area contributed by atoms with Crippen LogP contribution in [0.5, 0.6) is 0 Å². The van der Waals surface area contributed by atoms with Crippen LogP contribution in [0.4, 0.5) is 0 Å². The van der Waals surface area contributed by atoms with E-state index in [1.807, 2.05) is 18.4 Å². The summed E-state index contributed by atoms with van der Waals surface area (Å²) in [6.07, 6.45) is 1.98. The summed E-state index contributed by atoms with van der Waals surface area (Å²) < 4.78 is 0. The maximum atomic E-state index is 11.7. The van der Waals surface area contributed by atoms with Crippen LogP contribution >= 0.6 is 11.8 Å². The van der Waals surface area contributed by atoms with E-state index in [0.29, 0.717) is 5.56 Å². The van der Waals surface area contributed by atoms with Crippen LogP contribution in [0.15, 0.2) is 29.2 Å². The van der Waals surface area contributed by atoms with Crippen LogP contribution in [-0.4, -0.2) is 24.0 Å². The van der Waals surface area contributed by atoms with Gasteiger partial charge in [-0.3, -0.25) is 9.59 Å². The van der Waals surface area contributed by atoms with Crippen LogP contribution in [-0.2, 0) is 4.79 Å². The molecule has 0 saturated heterocycles. The van der Waals surface area contributed by atoms with E-state index < -0.39 is 6.04 Å². The van der Waals surface area contributed by atoms with Crippen LogP contribution in [0.25, 0.3) is 0 Å². The zero-order valence-electron chi connectivity index (χ0n) is 9.61. The summed E-state index contributed by atoms with van der Waals surface area (Å²) >= 11 is 1.62. The highest BCUT2D eigenvalue weighted by atomic mass is 32.2. The molecule has 0 bridgehead atoms. The highest BCUT2D eigenvalue weighted by molar-refractivity contribution is 7.98. The quantitative estimate of drug-likeness (QED) is 0.816. The van der Waals surface area contributed by atoms with Gasteiger partial charge in [0.25, 0.3) is 5.91 Å². The molecule has 1 unspecified atom stereocenters. The van der Waals surface area contributed by atoms with E-state index in [2.05, 4.69) is 5.32 Å². The van der Waals surface area contributed by atoms with Gasteiger partial charge in [-0.25, -0.2) is 0 Å². The number of carbonyl (C=O) groups excluding carboxylic acids is 2. The average Bonchev–Trinajstić information content (AvgIpc) is 2.28. The fraction of sp³-hybridized carbons (Fsp3) is 0.333. The second-order valence-electron chi connectivity index (χ2n) is 3.53. The molecule has 86 valence electrons.